The molecular formula is C25H33ClN6O. The zero-order chi connectivity index (χ0) is 23.5. The molecule has 1 saturated heterocycles. The van der Waals surface area contributed by atoms with Crippen molar-refractivity contribution in [2.24, 2.45) is 0 Å². The van der Waals surface area contributed by atoms with E-state index >= 15 is 0 Å². The molecule has 0 aliphatic carbocycles. The quantitative estimate of drug-likeness (QED) is 0.667. The fraction of sp³-hybridized carbons (Fsp3) is 0.480. The van der Waals surface area contributed by atoms with Crippen molar-refractivity contribution in [1.82, 2.24) is 20.2 Å². The average Bonchev–Trinajstić information content (AvgIpc) is 2.79. The number of fused-ring (bicyclic) bond motifs is 1. The smallest absolute Gasteiger partial charge is 0.231 e. The van der Waals surface area contributed by atoms with Crippen molar-refractivity contribution in [2.45, 2.75) is 45.1 Å². The minimum absolute atomic E-state index is 0.154. The van der Waals surface area contributed by atoms with E-state index in [2.05, 4.69) is 52.9 Å². The van der Waals surface area contributed by atoms with Crippen LogP contribution in [0.4, 0.5) is 11.6 Å². The van der Waals surface area contributed by atoms with Crippen molar-refractivity contribution in [3.05, 3.63) is 59.0 Å². The zero-order valence-corrected chi connectivity index (χ0v) is 20.4. The molecular weight excluding hydrogens is 436 g/mol. The molecule has 1 aromatic carbocycles. The monoisotopic (exact) mass is 468 g/mol. The molecule has 2 aromatic rings. The summed E-state index contributed by atoms with van der Waals surface area (Å²) in [5, 5.41) is 7.41. The van der Waals surface area contributed by atoms with Crippen LogP contribution in [0.2, 0.25) is 5.02 Å². The zero-order valence-electron chi connectivity index (χ0n) is 19.6. The van der Waals surface area contributed by atoms with Gasteiger partial charge in [-0.1, -0.05) is 51.1 Å². The predicted molar refractivity (Wildman–Crippen MR) is 134 cm³/mol. The first kappa shape index (κ1) is 23.5. The van der Waals surface area contributed by atoms with Gasteiger partial charge in [0.1, 0.15) is 18.0 Å². The van der Waals surface area contributed by atoms with Crippen LogP contribution in [0.15, 0.2) is 42.9 Å². The summed E-state index contributed by atoms with van der Waals surface area (Å²) >= 11 is 6.08. The van der Waals surface area contributed by atoms with E-state index in [4.69, 9.17) is 11.6 Å². The Morgan fingerprint density at radius 3 is 2.58 bits per heavy atom. The van der Waals surface area contributed by atoms with Crippen LogP contribution < -0.4 is 15.5 Å². The normalized spacial score (nSPS) is 19.3. The number of hydrogen-bond acceptors (Lipinski definition) is 6. The molecule has 8 heteroatoms. The van der Waals surface area contributed by atoms with Crippen molar-refractivity contribution < 1.29 is 4.79 Å². The molecule has 0 radical (unpaired) electrons. The van der Waals surface area contributed by atoms with Gasteiger partial charge in [-0.3, -0.25) is 4.79 Å². The molecule has 0 bridgehead atoms. The number of piperazine rings is 1. The molecule has 0 unspecified atom stereocenters. The van der Waals surface area contributed by atoms with Crippen LogP contribution in [-0.2, 0) is 4.79 Å². The van der Waals surface area contributed by atoms with Crippen LogP contribution in [0, 0.1) is 0 Å². The highest BCUT2D eigenvalue weighted by atomic mass is 35.5. The van der Waals surface area contributed by atoms with Crippen molar-refractivity contribution in [2.75, 3.05) is 42.9 Å². The van der Waals surface area contributed by atoms with E-state index in [0.717, 1.165) is 48.0 Å². The van der Waals surface area contributed by atoms with E-state index in [1.807, 2.05) is 29.2 Å². The lowest BCUT2D eigenvalue weighted by molar-refractivity contribution is -0.133. The molecule has 1 aromatic heterocycles. The summed E-state index contributed by atoms with van der Waals surface area (Å²) in [5.74, 6) is 2.04. The molecule has 4 rings (SSSR count). The van der Waals surface area contributed by atoms with Gasteiger partial charge in [0.05, 0.1) is 5.92 Å². The summed E-state index contributed by atoms with van der Waals surface area (Å²) in [5.41, 5.74) is 3.12. The molecule has 2 aliphatic rings. The van der Waals surface area contributed by atoms with Crippen molar-refractivity contribution in [3.63, 3.8) is 0 Å². The van der Waals surface area contributed by atoms with E-state index in [-0.39, 0.29) is 11.8 Å². The Bertz CT molecular complexity index is 1000. The molecule has 1 fully saturated rings. The van der Waals surface area contributed by atoms with Gasteiger partial charge in [-0.25, -0.2) is 9.97 Å². The van der Waals surface area contributed by atoms with Crippen LogP contribution >= 0.6 is 11.6 Å². The molecule has 7 nitrogen and oxygen atoms in total. The number of amides is 1. The first-order chi connectivity index (χ1) is 15.8. The van der Waals surface area contributed by atoms with Gasteiger partial charge < -0.3 is 20.4 Å². The predicted octanol–water partition coefficient (Wildman–Crippen LogP) is 3.99. The Kier molecular flexibility index (Phi) is 7.20. The van der Waals surface area contributed by atoms with Gasteiger partial charge >= 0.3 is 0 Å². The van der Waals surface area contributed by atoms with Gasteiger partial charge in [-0.15, -0.1) is 0 Å². The number of aromatic nitrogens is 2. The van der Waals surface area contributed by atoms with Crippen molar-refractivity contribution in [1.29, 1.82) is 0 Å². The number of nitrogens with one attached hydrogen (secondary N) is 2. The largest absolute Gasteiger partial charge is 0.353 e. The van der Waals surface area contributed by atoms with Crippen LogP contribution in [0.5, 0.6) is 0 Å². The Morgan fingerprint density at radius 2 is 1.91 bits per heavy atom. The van der Waals surface area contributed by atoms with E-state index < -0.39 is 0 Å². The lowest BCUT2D eigenvalue weighted by Gasteiger charge is -2.39. The summed E-state index contributed by atoms with van der Waals surface area (Å²) in [6.07, 6.45) is 2.48. The average molecular weight is 469 g/mol. The van der Waals surface area contributed by atoms with Gasteiger partial charge in [0, 0.05) is 55.0 Å². The number of benzene rings is 1. The number of nitrogens with zero attached hydrogens (tertiary/aromatic N) is 4. The molecule has 2 atom stereocenters. The van der Waals surface area contributed by atoms with Crippen LogP contribution in [0.3, 0.4) is 0 Å². The van der Waals surface area contributed by atoms with Crippen molar-refractivity contribution in [3.8, 4) is 0 Å². The SMILES string of the molecule is C=C1C[C@@H](C)c2c(ncnc2N2CCN(C(=O)[C@H](CNC(C)C)c3ccc(Cl)cc3)CC2)N1. The van der Waals surface area contributed by atoms with Crippen LogP contribution in [-0.4, -0.2) is 59.5 Å². The standard InChI is InChI=1S/C25H33ClN6O/c1-16(2)27-14-21(19-5-7-20(26)8-6-19)25(33)32-11-9-31(10-12-32)24-22-17(3)13-18(4)30-23(22)28-15-29-24/h5-8,15-17,21,27H,4,9-14H2,1-3H3,(H,28,29,30)/t17-,21-/m1/s1. The lowest BCUT2D eigenvalue weighted by Crippen LogP contribution is -2.51. The molecule has 2 aliphatic heterocycles. The fourth-order valence-electron chi connectivity index (χ4n) is 4.64. The van der Waals surface area contributed by atoms with E-state index in [0.29, 0.717) is 36.6 Å². The minimum atomic E-state index is -0.238. The second kappa shape index (κ2) is 10.1. The van der Waals surface area contributed by atoms with Gasteiger partial charge in [0.2, 0.25) is 5.91 Å². The maximum absolute atomic E-state index is 13.5. The molecule has 2 N–H and O–H groups in total. The number of carbonyl (C=O) groups is 1. The summed E-state index contributed by atoms with van der Waals surface area (Å²) in [4.78, 5) is 26.9. The Labute approximate surface area is 201 Å². The van der Waals surface area contributed by atoms with Gasteiger partial charge in [0.15, 0.2) is 0 Å². The van der Waals surface area contributed by atoms with Gasteiger partial charge in [-0.05, 0) is 30.0 Å². The third-order valence-electron chi connectivity index (χ3n) is 6.40. The van der Waals surface area contributed by atoms with E-state index in [1.165, 1.54) is 0 Å². The van der Waals surface area contributed by atoms with Gasteiger partial charge in [-0.2, -0.15) is 0 Å². The minimum Gasteiger partial charge on any atom is -0.353 e. The van der Waals surface area contributed by atoms with Gasteiger partial charge in [0.25, 0.3) is 0 Å². The number of hydrogen-bond donors (Lipinski definition) is 2. The first-order valence-electron chi connectivity index (χ1n) is 11.7. The number of carbonyl (C=O) groups excluding carboxylic acids is 1. The van der Waals surface area contributed by atoms with Crippen LogP contribution in [0.1, 0.15) is 50.2 Å². The Hall–Kier alpha value is -2.64. The number of halogens is 1. The molecule has 176 valence electrons. The topological polar surface area (TPSA) is 73.4 Å². The third-order valence-corrected chi connectivity index (χ3v) is 6.65. The molecule has 33 heavy (non-hydrogen) atoms. The van der Waals surface area contributed by atoms with Crippen molar-refractivity contribution >= 4 is 29.1 Å². The fourth-order valence-corrected chi connectivity index (χ4v) is 4.76. The number of allylic oxidation sites excluding steroid dienone is 1. The van der Waals surface area contributed by atoms with E-state index in [1.54, 1.807) is 6.33 Å². The first-order valence-corrected chi connectivity index (χ1v) is 12.0. The molecule has 3 heterocycles. The third kappa shape index (κ3) is 5.31. The summed E-state index contributed by atoms with van der Waals surface area (Å²) in [6.45, 7) is 13.9. The Balaban J connectivity index is 1.47. The lowest BCUT2D eigenvalue weighted by atomic mass is 9.93. The highest BCUT2D eigenvalue weighted by Gasteiger charge is 2.32. The van der Waals surface area contributed by atoms with E-state index in [9.17, 15) is 4.79 Å². The molecule has 1 amide bonds. The molecule has 0 spiro atoms. The Morgan fingerprint density at radius 1 is 1.21 bits per heavy atom. The summed E-state index contributed by atoms with van der Waals surface area (Å²) in [7, 11) is 0. The van der Waals surface area contributed by atoms with Crippen LogP contribution in [0.25, 0.3) is 0 Å². The molecule has 0 saturated carbocycles. The number of anilines is 2. The maximum Gasteiger partial charge on any atom is 0.231 e. The maximum atomic E-state index is 13.5. The highest BCUT2D eigenvalue weighted by Crippen LogP contribution is 2.39. The second-order valence-corrected chi connectivity index (χ2v) is 9.71. The highest BCUT2D eigenvalue weighted by molar-refractivity contribution is 6.30. The number of rotatable bonds is 6. The summed E-state index contributed by atoms with van der Waals surface area (Å²) < 4.78 is 0. The second-order valence-electron chi connectivity index (χ2n) is 9.27. The summed E-state index contributed by atoms with van der Waals surface area (Å²) in [6, 6.07) is 7.93.